The third kappa shape index (κ3) is 1.25. The summed E-state index contributed by atoms with van der Waals surface area (Å²) in [6.45, 7) is 0. The van der Waals surface area contributed by atoms with Gasteiger partial charge in [0.05, 0.1) is 5.02 Å². The van der Waals surface area contributed by atoms with Crippen LogP contribution in [0, 0.1) is 3.57 Å². The summed E-state index contributed by atoms with van der Waals surface area (Å²) in [7, 11) is 0. The SMILES string of the molecule is Clc1cc2cc[nH]c2cc1I. The molecule has 1 aromatic carbocycles. The number of hydrogen-bond donors (Lipinski definition) is 1. The fourth-order valence-corrected chi connectivity index (χ4v) is 1.69. The van der Waals surface area contributed by atoms with Crippen molar-refractivity contribution < 1.29 is 0 Å². The second-order valence-electron chi connectivity index (χ2n) is 2.33. The number of nitrogens with one attached hydrogen (secondary N) is 1. The van der Waals surface area contributed by atoms with Crippen LogP contribution < -0.4 is 0 Å². The van der Waals surface area contributed by atoms with Gasteiger partial charge in [0, 0.05) is 20.7 Å². The number of H-pyrrole nitrogens is 1. The van der Waals surface area contributed by atoms with Gasteiger partial charge in [0.15, 0.2) is 0 Å². The first-order valence-corrected chi connectivity index (χ1v) is 4.65. The summed E-state index contributed by atoms with van der Waals surface area (Å²) in [6.07, 6.45) is 1.91. The Bertz CT molecular complexity index is 358. The monoisotopic (exact) mass is 277 g/mol. The van der Waals surface area contributed by atoms with Crippen LogP contribution in [0.4, 0.5) is 0 Å². The molecule has 0 aliphatic heterocycles. The lowest BCUT2D eigenvalue weighted by Gasteiger charge is -1.94. The summed E-state index contributed by atoms with van der Waals surface area (Å²) in [5.74, 6) is 0. The maximum atomic E-state index is 5.92. The molecule has 1 aromatic heterocycles. The van der Waals surface area contributed by atoms with E-state index in [1.807, 2.05) is 24.4 Å². The smallest absolute Gasteiger partial charge is 0.0546 e. The molecule has 0 amide bonds. The minimum absolute atomic E-state index is 0.817. The highest BCUT2D eigenvalue weighted by Crippen LogP contribution is 2.24. The molecule has 2 aromatic rings. The van der Waals surface area contributed by atoms with Crippen LogP contribution in [0.15, 0.2) is 24.4 Å². The van der Waals surface area contributed by atoms with E-state index in [1.54, 1.807) is 0 Å². The Morgan fingerprint density at radius 3 is 3.00 bits per heavy atom. The third-order valence-electron chi connectivity index (χ3n) is 1.59. The molecule has 0 atom stereocenters. The lowest BCUT2D eigenvalue weighted by molar-refractivity contribution is 1.47. The predicted molar refractivity (Wildman–Crippen MR) is 56.0 cm³/mol. The van der Waals surface area contributed by atoms with Crippen LogP contribution in [-0.2, 0) is 0 Å². The fourth-order valence-electron chi connectivity index (χ4n) is 1.05. The Kier molecular flexibility index (Phi) is 1.81. The lowest BCUT2D eigenvalue weighted by Crippen LogP contribution is -1.73. The van der Waals surface area contributed by atoms with Crippen molar-refractivity contribution >= 4 is 45.1 Å². The van der Waals surface area contributed by atoms with Crippen molar-refractivity contribution in [2.45, 2.75) is 0 Å². The number of aromatic amines is 1. The third-order valence-corrected chi connectivity index (χ3v) is 3.12. The molecule has 3 heteroatoms. The fraction of sp³-hybridized carbons (Fsp3) is 0. The van der Waals surface area contributed by atoms with Gasteiger partial charge in [-0.05, 0) is 40.8 Å². The average Bonchev–Trinajstić information content (AvgIpc) is 2.36. The molecule has 56 valence electrons. The molecule has 0 unspecified atom stereocenters. The van der Waals surface area contributed by atoms with E-state index < -0.39 is 0 Å². The van der Waals surface area contributed by atoms with Crippen molar-refractivity contribution in [1.82, 2.24) is 4.98 Å². The van der Waals surface area contributed by atoms with Crippen molar-refractivity contribution in [3.8, 4) is 0 Å². The lowest BCUT2D eigenvalue weighted by atomic mass is 10.2. The van der Waals surface area contributed by atoms with Gasteiger partial charge >= 0.3 is 0 Å². The second kappa shape index (κ2) is 2.68. The minimum atomic E-state index is 0.817. The van der Waals surface area contributed by atoms with Gasteiger partial charge < -0.3 is 4.98 Å². The maximum Gasteiger partial charge on any atom is 0.0546 e. The van der Waals surface area contributed by atoms with Gasteiger partial charge in [-0.1, -0.05) is 11.6 Å². The van der Waals surface area contributed by atoms with Gasteiger partial charge in [0.2, 0.25) is 0 Å². The van der Waals surface area contributed by atoms with Crippen LogP contribution in [0.25, 0.3) is 10.9 Å². The number of halogens is 2. The zero-order chi connectivity index (χ0) is 7.84. The molecule has 0 radical (unpaired) electrons. The molecule has 0 spiro atoms. The van der Waals surface area contributed by atoms with Crippen LogP contribution in [-0.4, -0.2) is 4.98 Å². The summed E-state index contributed by atoms with van der Waals surface area (Å²) in [6, 6.07) is 6.02. The van der Waals surface area contributed by atoms with E-state index in [4.69, 9.17) is 11.6 Å². The van der Waals surface area contributed by atoms with E-state index in [2.05, 4.69) is 27.6 Å². The highest BCUT2D eigenvalue weighted by atomic mass is 127. The Morgan fingerprint density at radius 1 is 1.36 bits per heavy atom. The first-order chi connectivity index (χ1) is 5.27. The maximum absolute atomic E-state index is 5.92. The Hall–Kier alpha value is -0.220. The average molecular weight is 277 g/mol. The summed E-state index contributed by atoms with van der Waals surface area (Å²) in [5, 5.41) is 1.98. The van der Waals surface area contributed by atoms with Gasteiger partial charge in [0.1, 0.15) is 0 Å². The summed E-state index contributed by atoms with van der Waals surface area (Å²) >= 11 is 8.14. The molecular weight excluding hydrogens is 272 g/mol. The van der Waals surface area contributed by atoms with Crippen molar-refractivity contribution in [1.29, 1.82) is 0 Å². The summed E-state index contributed by atoms with van der Waals surface area (Å²) in [4.78, 5) is 3.12. The normalized spacial score (nSPS) is 10.7. The quantitative estimate of drug-likeness (QED) is 0.710. The van der Waals surface area contributed by atoms with Gasteiger partial charge in [-0.15, -0.1) is 0 Å². The largest absolute Gasteiger partial charge is 0.361 e. The Labute approximate surface area is 82.9 Å². The van der Waals surface area contributed by atoms with Gasteiger partial charge in [-0.3, -0.25) is 0 Å². The predicted octanol–water partition coefficient (Wildman–Crippen LogP) is 3.43. The number of rotatable bonds is 0. The van der Waals surface area contributed by atoms with Crippen molar-refractivity contribution in [2.75, 3.05) is 0 Å². The molecular formula is C8H5ClIN. The molecule has 0 aliphatic carbocycles. The van der Waals surface area contributed by atoms with Crippen LogP contribution in [0.5, 0.6) is 0 Å². The van der Waals surface area contributed by atoms with Gasteiger partial charge in [-0.2, -0.15) is 0 Å². The molecule has 0 saturated carbocycles. The zero-order valence-corrected chi connectivity index (χ0v) is 8.48. The standard InChI is InChI=1S/C8H5ClIN/c9-6-3-5-1-2-11-8(5)4-7(6)10/h1-4,11H. The van der Waals surface area contributed by atoms with E-state index >= 15 is 0 Å². The van der Waals surface area contributed by atoms with Gasteiger partial charge in [0.25, 0.3) is 0 Å². The topological polar surface area (TPSA) is 15.8 Å². The van der Waals surface area contributed by atoms with Crippen molar-refractivity contribution in [3.05, 3.63) is 33.0 Å². The van der Waals surface area contributed by atoms with Crippen molar-refractivity contribution in [2.24, 2.45) is 0 Å². The van der Waals surface area contributed by atoms with Crippen LogP contribution in [0.3, 0.4) is 0 Å². The molecule has 0 fully saturated rings. The van der Waals surface area contributed by atoms with E-state index in [1.165, 1.54) is 0 Å². The highest BCUT2D eigenvalue weighted by Gasteiger charge is 1.99. The molecule has 0 aliphatic rings. The molecule has 0 saturated heterocycles. The van der Waals surface area contributed by atoms with Crippen LogP contribution in [0.1, 0.15) is 0 Å². The highest BCUT2D eigenvalue weighted by molar-refractivity contribution is 14.1. The number of benzene rings is 1. The van der Waals surface area contributed by atoms with E-state index in [0.717, 1.165) is 19.5 Å². The van der Waals surface area contributed by atoms with Crippen LogP contribution in [0.2, 0.25) is 5.02 Å². The number of hydrogen-bond acceptors (Lipinski definition) is 0. The summed E-state index contributed by atoms with van der Waals surface area (Å²) in [5.41, 5.74) is 1.14. The molecule has 2 rings (SSSR count). The van der Waals surface area contributed by atoms with Crippen molar-refractivity contribution in [3.63, 3.8) is 0 Å². The first-order valence-electron chi connectivity index (χ1n) is 3.19. The van der Waals surface area contributed by atoms with E-state index in [-0.39, 0.29) is 0 Å². The number of fused-ring (bicyclic) bond motifs is 1. The van der Waals surface area contributed by atoms with Crippen LogP contribution >= 0.6 is 34.2 Å². The zero-order valence-electron chi connectivity index (χ0n) is 5.57. The van der Waals surface area contributed by atoms with Gasteiger partial charge in [-0.25, -0.2) is 0 Å². The molecule has 1 N–H and O–H groups in total. The summed E-state index contributed by atoms with van der Waals surface area (Å²) < 4.78 is 1.08. The second-order valence-corrected chi connectivity index (χ2v) is 3.90. The molecule has 1 heterocycles. The Morgan fingerprint density at radius 2 is 2.18 bits per heavy atom. The molecule has 0 bridgehead atoms. The first kappa shape index (κ1) is 7.43. The number of aromatic nitrogens is 1. The van der Waals surface area contributed by atoms with E-state index in [9.17, 15) is 0 Å². The molecule has 11 heavy (non-hydrogen) atoms. The minimum Gasteiger partial charge on any atom is -0.361 e. The molecule has 1 nitrogen and oxygen atoms in total. The van der Waals surface area contributed by atoms with E-state index in [0.29, 0.717) is 0 Å². The Balaban J connectivity index is 2.86.